The topological polar surface area (TPSA) is 99.4 Å². The number of aromatic nitrogens is 4. The Balaban J connectivity index is 1.50. The summed E-state index contributed by atoms with van der Waals surface area (Å²) in [4.78, 5) is 26.1. The molecule has 27 heavy (non-hydrogen) atoms. The van der Waals surface area contributed by atoms with E-state index in [0.29, 0.717) is 31.7 Å². The Morgan fingerprint density at radius 1 is 1.11 bits per heavy atom. The van der Waals surface area contributed by atoms with E-state index in [2.05, 4.69) is 15.5 Å². The van der Waals surface area contributed by atoms with Gasteiger partial charge in [-0.3, -0.25) is 4.79 Å². The molecule has 2 heterocycles. The highest BCUT2D eigenvalue weighted by Gasteiger charge is 2.30. The second-order valence-corrected chi connectivity index (χ2v) is 7.41. The Kier molecular flexibility index (Phi) is 5.38. The van der Waals surface area contributed by atoms with Crippen LogP contribution in [-0.2, 0) is 9.53 Å². The van der Waals surface area contributed by atoms with E-state index >= 15 is 0 Å². The van der Waals surface area contributed by atoms with Crippen LogP contribution in [0.25, 0.3) is 5.69 Å². The first-order valence-electron chi connectivity index (χ1n) is 8.85. The van der Waals surface area contributed by atoms with E-state index in [4.69, 9.17) is 9.47 Å². The number of ether oxygens (including phenoxy) is 2. The first-order valence-corrected chi connectivity index (χ1v) is 8.85. The number of piperidine rings is 1. The minimum atomic E-state index is -0.526. The number of likely N-dealkylation sites (tertiary alicyclic amines) is 1. The highest BCUT2D eigenvalue weighted by Crippen LogP contribution is 2.23. The minimum Gasteiger partial charge on any atom is -0.444 e. The van der Waals surface area contributed by atoms with Gasteiger partial charge in [-0.2, -0.15) is 0 Å². The van der Waals surface area contributed by atoms with Gasteiger partial charge in [0, 0.05) is 13.1 Å². The average molecular weight is 373 g/mol. The second kappa shape index (κ2) is 7.73. The Bertz CT molecular complexity index is 775. The third kappa shape index (κ3) is 5.02. The molecule has 0 N–H and O–H groups in total. The van der Waals surface area contributed by atoms with Crippen LogP contribution < -0.4 is 4.74 Å². The van der Waals surface area contributed by atoms with E-state index in [1.54, 1.807) is 29.2 Å². The SMILES string of the molecule is CC(C)(C)OC(=O)N1CCC(C(=O)Oc2ccc(-n3cnnn3)cc2)CC1. The maximum Gasteiger partial charge on any atom is 0.410 e. The van der Waals surface area contributed by atoms with Crippen LogP contribution in [0.2, 0.25) is 0 Å². The van der Waals surface area contributed by atoms with Gasteiger partial charge in [0.25, 0.3) is 0 Å². The number of esters is 1. The molecule has 1 aliphatic rings. The molecular weight excluding hydrogens is 350 g/mol. The fourth-order valence-electron chi connectivity index (χ4n) is 2.77. The molecule has 1 aromatic heterocycles. The van der Waals surface area contributed by atoms with Crippen LogP contribution in [0.4, 0.5) is 4.79 Å². The van der Waals surface area contributed by atoms with Gasteiger partial charge in [-0.1, -0.05) is 0 Å². The number of tetrazole rings is 1. The lowest BCUT2D eigenvalue weighted by Crippen LogP contribution is -2.43. The largest absolute Gasteiger partial charge is 0.444 e. The van der Waals surface area contributed by atoms with Gasteiger partial charge in [0.05, 0.1) is 11.6 Å². The van der Waals surface area contributed by atoms with Gasteiger partial charge in [0.2, 0.25) is 0 Å². The normalized spacial score (nSPS) is 15.4. The Morgan fingerprint density at radius 3 is 2.33 bits per heavy atom. The number of hydrogen-bond acceptors (Lipinski definition) is 7. The van der Waals surface area contributed by atoms with Crippen LogP contribution in [0.1, 0.15) is 33.6 Å². The van der Waals surface area contributed by atoms with Gasteiger partial charge in [-0.05, 0) is 68.3 Å². The third-order valence-electron chi connectivity index (χ3n) is 4.15. The van der Waals surface area contributed by atoms with Crippen LogP contribution >= 0.6 is 0 Å². The molecule has 1 fully saturated rings. The molecule has 0 unspecified atom stereocenters. The summed E-state index contributed by atoms with van der Waals surface area (Å²) in [6, 6.07) is 6.93. The molecule has 1 aliphatic heterocycles. The maximum atomic E-state index is 12.4. The number of nitrogens with zero attached hydrogens (tertiary/aromatic N) is 5. The third-order valence-corrected chi connectivity index (χ3v) is 4.15. The zero-order valence-corrected chi connectivity index (χ0v) is 15.7. The van der Waals surface area contributed by atoms with Gasteiger partial charge >= 0.3 is 12.1 Å². The molecule has 9 nitrogen and oxygen atoms in total. The van der Waals surface area contributed by atoms with Crippen molar-refractivity contribution >= 4 is 12.1 Å². The average Bonchev–Trinajstić information content (AvgIpc) is 3.16. The summed E-state index contributed by atoms with van der Waals surface area (Å²) in [6.45, 7) is 6.46. The van der Waals surface area contributed by atoms with Crippen molar-refractivity contribution in [3.05, 3.63) is 30.6 Å². The second-order valence-electron chi connectivity index (χ2n) is 7.41. The van der Waals surface area contributed by atoms with Crippen molar-refractivity contribution in [2.45, 2.75) is 39.2 Å². The van der Waals surface area contributed by atoms with E-state index in [1.165, 1.54) is 11.0 Å². The first-order chi connectivity index (χ1) is 12.8. The summed E-state index contributed by atoms with van der Waals surface area (Å²) in [7, 11) is 0. The van der Waals surface area contributed by atoms with Crippen molar-refractivity contribution in [3.8, 4) is 11.4 Å². The van der Waals surface area contributed by atoms with Gasteiger partial charge < -0.3 is 14.4 Å². The molecule has 1 aromatic carbocycles. The molecule has 0 atom stereocenters. The molecule has 144 valence electrons. The molecule has 9 heteroatoms. The highest BCUT2D eigenvalue weighted by molar-refractivity contribution is 5.76. The minimum absolute atomic E-state index is 0.233. The van der Waals surface area contributed by atoms with Gasteiger partial charge in [-0.15, -0.1) is 5.10 Å². The van der Waals surface area contributed by atoms with Gasteiger partial charge in [-0.25, -0.2) is 9.48 Å². The Hall–Kier alpha value is -2.97. The number of rotatable bonds is 3. The number of carbonyl (C=O) groups excluding carboxylic acids is 2. The van der Waals surface area contributed by atoms with Crippen LogP contribution in [0.5, 0.6) is 5.75 Å². The summed E-state index contributed by atoms with van der Waals surface area (Å²) >= 11 is 0. The van der Waals surface area contributed by atoms with Crippen LogP contribution in [-0.4, -0.2) is 55.9 Å². The number of benzene rings is 1. The van der Waals surface area contributed by atoms with E-state index in [1.807, 2.05) is 20.8 Å². The predicted octanol–water partition coefficient (Wildman–Crippen LogP) is 2.21. The smallest absolute Gasteiger partial charge is 0.410 e. The van der Waals surface area contributed by atoms with Crippen molar-refractivity contribution in [2.24, 2.45) is 5.92 Å². The molecule has 0 bridgehead atoms. The van der Waals surface area contributed by atoms with Crippen molar-refractivity contribution < 1.29 is 19.1 Å². The lowest BCUT2D eigenvalue weighted by atomic mass is 9.97. The van der Waals surface area contributed by atoms with E-state index in [-0.39, 0.29) is 18.0 Å². The standard InChI is InChI=1S/C18H23N5O4/c1-18(2,3)27-17(25)22-10-8-13(9-11-22)16(24)26-15-6-4-14(5-7-15)23-12-19-20-21-23/h4-7,12-13H,8-11H2,1-3H3. The zero-order valence-electron chi connectivity index (χ0n) is 15.7. The lowest BCUT2D eigenvalue weighted by molar-refractivity contribution is -0.140. The van der Waals surface area contributed by atoms with E-state index in [0.717, 1.165) is 5.69 Å². The molecule has 0 saturated carbocycles. The summed E-state index contributed by atoms with van der Waals surface area (Å²) in [5.74, 6) is -0.0525. The fourth-order valence-corrected chi connectivity index (χ4v) is 2.77. The van der Waals surface area contributed by atoms with Crippen LogP contribution in [0.3, 0.4) is 0 Å². The number of hydrogen-bond donors (Lipinski definition) is 0. The van der Waals surface area contributed by atoms with Crippen molar-refractivity contribution in [3.63, 3.8) is 0 Å². The lowest BCUT2D eigenvalue weighted by Gasteiger charge is -2.32. The first kappa shape index (κ1) is 18.8. The maximum absolute atomic E-state index is 12.4. The molecule has 1 saturated heterocycles. The predicted molar refractivity (Wildman–Crippen MR) is 95.3 cm³/mol. The van der Waals surface area contributed by atoms with Crippen molar-refractivity contribution in [1.82, 2.24) is 25.1 Å². The Labute approximate surface area is 157 Å². The number of carbonyl (C=O) groups is 2. The summed E-state index contributed by atoms with van der Waals surface area (Å²) < 4.78 is 12.3. The molecule has 0 spiro atoms. The monoisotopic (exact) mass is 373 g/mol. The Morgan fingerprint density at radius 2 is 1.78 bits per heavy atom. The summed E-state index contributed by atoms with van der Waals surface area (Å²) in [5, 5.41) is 11.0. The quantitative estimate of drug-likeness (QED) is 0.601. The molecule has 1 amide bonds. The van der Waals surface area contributed by atoms with Crippen LogP contribution in [0, 0.1) is 5.92 Å². The molecule has 0 aliphatic carbocycles. The zero-order chi connectivity index (χ0) is 19.4. The summed E-state index contributed by atoms with van der Waals surface area (Å²) in [6.07, 6.45) is 2.26. The van der Waals surface area contributed by atoms with Gasteiger partial charge in [0.1, 0.15) is 17.7 Å². The van der Waals surface area contributed by atoms with E-state index < -0.39 is 5.60 Å². The molecule has 2 aromatic rings. The molecule has 0 radical (unpaired) electrons. The summed E-state index contributed by atoms with van der Waals surface area (Å²) in [5.41, 5.74) is 0.242. The highest BCUT2D eigenvalue weighted by atomic mass is 16.6. The van der Waals surface area contributed by atoms with Crippen LogP contribution in [0.15, 0.2) is 30.6 Å². The fraction of sp³-hybridized carbons (Fsp3) is 0.500. The number of amides is 1. The van der Waals surface area contributed by atoms with Gasteiger partial charge in [0.15, 0.2) is 0 Å². The van der Waals surface area contributed by atoms with Crippen molar-refractivity contribution in [2.75, 3.05) is 13.1 Å². The molecular formula is C18H23N5O4. The van der Waals surface area contributed by atoms with Crippen molar-refractivity contribution in [1.29, 1.82) is 0 Å². The van der Waals surface area contributed by atoms with E-state index in [9.17, 15) is 9.59 Å². The molecule has 3 rings (SSSR count).